The Morgan fingerprint density at radius 3 is 2.52 bits per heavy atom. The number of hydrogen-bond acceptors (Lipinski definition) is 7. The second kappa shape index (κ2) is 10.4. The fourth-order valence-corrected chi connectivity index (χ4v) is 3.51. The third-order valence-electron chi connectivity index (χ3n) is 4.53. The molecular formula is C21H25FN6O2S. The Balaban J connectivity index is 1.77. The van der Waals surface area contributed by atoms with Gasteiger partial charge in [-0.05, 0) is 23.6 Å². The van der Waals surface area contributed by atoms with E-state index in [1.165, 1.54) is 12.1 Å². The zero-order chi connectivity index (χ0) is 22.3. The molecule has 3 aromatic rings. The van der Waals surface area contributed by atoms with Crippen LogP contribution >= 0.6 is 0 Å². The van der Waals surface area contributed by atoms with E-state index in [1.807, 2.05) is 13.0 Å². The molecule has 0 spiro atoms. The summed E-state index contributed by atoms with van der Waals surface area (Å²) in [5.74, 6) is 1.06. The molecule has 31 heavy (non-hydrogen) atoms. The number of benzene rings is 1. The highest BCUT2D eigenvalue weighted by atomic mass is 32.2. The summed E-state index contributed by atoms with van der Waals surface area (Å²) in [4.78, 5) is 17.6. The normalized spacial score (nSPS) is 12.5. The van der Waals surface area contributed by atoms with Gasteiger partial charge in [-0.3, -0.25) is 9.97 Å². The first-order valence-corrected chi connectivity index (χ1v) is 11.7. The third kappa shape index (κ3) is 7.65. The van der Waals surface area contributed by atoms with Crippen molar-refractivity contribution in [3.8, 4) is 0 Å². The summed E-state index contributed by atoms with van der Waals surface area (Å²) < 4.78 is 38.1. The van der Waals surface area contributed by atoms with Crippen LogP contribution in [0.5, 0.6) is 0 Å². The highest BCUT2D eigenvalue weighted by Crippen LogP contribution is 2.21. The smallest absolute Gasteiger partial charge is 0.208 e. The predicted molar refractivity (Wildman–Crippen MR) is 117 cm³/mol. The molecule has 0 fully saturated rings. The Labute approximate surface area is 181 Å². The monoisotopic (exact) mass is 444 g/mol. The van der Waals surface area contributed by atoms with Crippen molar-refractivity contribution in [2.75, 3.05) is 24.7 Å². The molecule has 0 unspecified atom stereocenters. The first kappa shape index (κ1) is 22.7. The van der Waals surface area contributed by atoms with Crippen LogP contribution in [0.1, 0.15) is 35.6 Å². The minimum Gasteiger partial charge on any atom is -0.369 e. The van der Waals surface area contributed by atoms with Gasteiger partial charge in [0.25, 0.3) is 0 Å². The highest BCUT2D eigenvalue weighted by molar-refractivity contribution is 7.88. The number of rotatable bonds is 10. The maximum atomic E-state index is 13.2. The molecule has 0 saturated heterocycles. The van der Waals surface area contributed by atoms with Crippen LogP contribution in [0.2, 0.25) is 0 Å². The van der Waals surface area contributed by atoms with Crippen LogP contribution in [0.25, 0.3) is 0 Å². The van der Waals surface area contributed by atoms with Gasteiger partial charge in [-0.25, -0.2) is 27.5 Å². The van der Waals surface area contributed by atoms with Gasteiger partial charge in [-0.1, -0.05) is 19.1 Å². The number of halogens is 1. The Kier molecular flexibility index (Phi) is 7.59. The minimum absolute atomic E-state index is 0.0899. The van der Waals surface area contributed by atoms with Crippen LogP contribution in [-0.4, -0.2) is 47.7 Å². The van der Waals surface area contributed by atoms with Crippen molar-refractivity contribution in [2.45, 2.75) is 25.7 Å². The van der Waals surface area contributed by atoms with E-state index in [-0.39, 0.29) is 18.3 Å². The molecule has 0 aliphatic carbocycles. The quantitative estimate of drug-likeness (QED) is 0.462. The molecule has 0 aliphatic heterocycles. The molecule has 3 rings (SSSR count). The van der Waals surface area contributed by atoms with Gasteiger partial charge < -0.3 is 5.32 Å². The predicted octanol–water partition coefficient (Wildman–Crippen LogP) is 2.30. The second-order valence-electron chi connectivity index (χ2n) is 7.28. The summed E-state index contributed by atoms with van der Waals surface area (Å²) in [5.41, 5.74) is 2.55. The third-order valence-corrected chi connectivity index (χ3v) is 5.26. The molecule has 0 aliphatic rings. The van der Waals surface area contributed by atoms with Gasteiger partial charge in [-0.2, -0.15) is 0 Å². The lowest BCUT2D eigenvalue weighted by atomic mass is 9.97. The SMILES string of the molecule is C[C@H](Cc1nc(Cc2cnccn2)cc(NCCNS(C)(=O)=O)n1)c1ccc(F)cc1. The lowest BCUT2D eigenvalue weighted by molar-refractivity contribution is 0.589. The molecule has 0 bridgehead atoms. The molecule has 0 radical (unpaired) electrons. The fraction of sp³-hybridized carbons (Fsp3) is 0.333. The Hall–Kier alpha value is -2.98. The van der Waals surface area contributed by atoms with Crippen LogP contribution in [0.15, 0.2) is 48.9 Å². The molecule has 1 atom stereocenters. The topological polar surface area (TPSA) is 110 Å². The summed E-state index contributed by atoms with van der Waals surface area (Å²) >= 11 is 0. The van der Waals surface area contributed by atoms with Crippen LogP contribution < -0.4 is 10.0 Å². The van der Waals surface area contributed by atoms with Crippen molar-refractivity contribution in [3.63, 3.8) is 0 Å². The number of nitrogens with one attached hydrogen (secondary N) is 2. The van der Waals surface area contributed by atoms with Crippen molar-refractivity contribution in [3.05, 3.63) is 77.5 Å². The molecule has 0 saturated carbocycles. The molecule has 1 aromatic carbocycles. The van der Waals surface area contributed by atoms with E-state index < -0.39 is 10.0 Å². The van der Waals surface area contributed by atoms with Crippen LogP contribution in [-0.2, 0) is 22.9 Å². The van der Waals surface area contributed by atoms with Crippen molar-refractivity contribution in [1.29, 1.82) is 0 Å². The zero-order valence-electron chi connectivity index (χ0n) is 17.4. The van der Waals surface area contributed by atoms with E-state index in [1.54, 1.807) is 30.7 Å². The van der Waals surface area contributed by atoms with Crippen LogP contribution in [0.4, 0.5) is 10.2 Å². The van der Waals surface area contributed by atoms with E-state index in [9.17, 15) is 12.8 Å². The number of hydrogen-bond donors (Lipinski definition) is 2. The average molecular weight is 445 g/mol. The number of nitrogens with zero attached hydrogens (tertiary/aromatic N) is 4. The van der Waals surface area contributed by atoms with Crippen LogP contribution in [0.3, 0.4) is 0 Å². The highest BCUT2D eigenvalue weighted by Gasteiger charge is 2.12. The van der Waals surface area contributed by atoms with Crippen molar-refractivity contribution >= 4 is 15.8 Å². The molecule has 164 valence electrons. The Morgan fingerprint density at radius 2 is 1.84 bits per heavy atom. The minimum atomic E-state index is -3.25. The van der Waals surface area contributed by atoms with Crippen molar-refractivity contribution < 1.29 is 12.8 Å². The first-order chi connectivity index (χ1) is 14.8. The van der Waals surface area contributed by atoms with Crippen molar-refractivity contribution in [2.24, 2.45) is 0 Å². The van der Waals surface area contributed by atoms with Crippen LogP contribution in [0, 0.1) is 5.82 Å². The Bertz CT molecular complexity index is 1090. The van der Waals surface area contributed by atoms with E-state index in [2.05, 4.69) is 30.0 Å². The molecule has 2 heterocycles. The number of anilines is 1. The summed E-state index contributed by atoms with van der Waals surface area (Å²) in [6, 6.07) is 8.23. The number of aromatic nitrogens is 4. The summed E-state index contributed by atoms with van der Waals surface area (Å²) in [7, 11) is -3.25. The van der Waals surface area contributed by atoms with Gasteiger partial charge in [0, 0.05) is 50.6 Å². The molecule has 8 nitrogen and oxygen atoms in total. The number of sulfonamides is 1. The largest absolute Gasteiger partial charge is 0.369 e. The van der Waals surface area contributed by atoms with Crippen molar-refractivity contribution in [1.82, 2.24) is 24.7 Å². The maximum Gasteiger partial charge on any atom is 0.208 e. The molecule has 10 heteroatoms. The lowest BCUT2D eigenvalue weighted by Gasteiger charge is -2.14. The van der Waals surface area contributed by atoms with Gasteiger partial charge in [0.15, 0.2) is 0 Å². The molecule has 2 aromatic heterocycles. The first-order valence-electron chi connectivity index (χ1n) is 9.84. The average Bonchev–Trinajstić information content (AvgIpc) is 2.72. The maximum absolute atomic E-state index is 13.2. The summed E-state index contributed by atoms with van der Waals surface area (Å²) in [5, 5.41) is 3.14. The second-order valence-corrected chi connectivity index (χ2v) is 9.12. The van der Waals surface area contributed by atoms with E-state index in [4.69, 9.17) is 0 Å². The molecule has 2 N–H and O–H groups in total. The van der Waals surface area contributed by atoms with Gasteiger partial charge >= 0.3 is 0 Å². The summed E-state index contributed by atoms with van der Waals surface area (Å²) in [6.07, 6.45) is 7.10. The van der Waals surface area contributed by atoms with Gasteiger partial charge in [0.05, 0.1) is 17.6 Å². The van der Waals surface area contributed by atoms with E-state index >= 15 is 0 Å². The van der Waals surface area contributed by atoms with Gasteiger partial charge in [-0.15, -0.1) is 0 Å². The van der Waals surface area contributed by atoms with Gasteiger partial charge in [0.2, 0.25) is 10.0 Å². The summed E-state index contributed by atoms with van der Waals surface area (Å²) in [6.45, 7) is 2.65. The van der Waals surface area contributed by atoms with E-state index in [0.717, 1.165) is 23.2 Å². The zero-order valence-corrected chi connectivity index (χ0v) is 18.2. The molecule has 0 amide bonds. The lowest BCUT2D eigenvalue weighted by Crippen LogP contribution is -2.28. The van der Waals surface area contributed by atoms with Gasteiger partial charge in [0.1, 0.15) is 17.5 Å². The molecular weight excluding hydrogens is 419 g/mol. The Morgan fingerprint density at radius 1 is 1.06 bits per heavy atom. The fourth-order valence-electron chi connectivity index (χ4n) is 3.04. The van der Waals surface area contributed by atoms with E-state index in [0.29, 0.717) is 31.0 Å². The standard InChI is InChI=1S/C21H25FN6O2S/c1-15(16-3-5-17(22)6-4-16)11-21-27-18(12-19-14-23-7-8-24-19)13-20(28-21)25-9-10-26-31(2,29)30/h3-8,13-15,26H,9-12H2,1-2H3,(H,25,27,28)/t15-/m1/s1.